The maximum atomic E-state index is 10.1. The van der Waals surface area contributed by atoms with E-state index in [1.807, 2.05) is 0 Å². The van der Waals surface area contributed by atoms with Crippen molar-refractivity contribution in [2.75, 3.05) is 0 Å². The van der Waals surface area contributed by atoms with Crippen LogP contribution in [0.1, 0.15) is 72.1 Å². The molecule has 0 heterocycles. The van der Waals surface area contributed by atoms with Crippen LogP contribution in [0.3, 0.4) is 0 Å². The molecule has 5 atom stereocenters. The Hall–Kier alpha value is -0.300. The zero-order chi connectivity index (χ0) is 14.4. The van der Waals surface area contributed by atoms with Crippen LogP contribution in [-0.2, 0) is 0 Å². The highest BCUT2D eigenvalue weighted by atomic mass is 16.3. The van der Waals surface area contributed by atoms with Crippen LogP contribution in [0.5, 0.6) is 0 Å². The summed E-state index contributed by atoms with van der Waals surface area (Å²) in [6.45, 7) is 7.47. The lowest BCUT2D eigenvalue weighted by atomic mass is 9.54. The lowest BCUT2D eigenvalue weighted by Crippen LogP contribution is -2.43. The van der Waals surface area contributed by atoms with Crippen molar-refractivity contribution in [3.8, 4) is 0 Å². The molecule has 1 heteroatoms. The van der Waals surface area contributed by atoms with Crippen LogP contribution in [-0.4, -0.2) is 11.2 Å². The zero-order valence-corrected chi connectivity index (χ0v) is 13.6. The van der Waals surface area contributed by atoms with Gasteiger partial charge in [-0.3, -0.25) is 0 Å². The monoisotopic (exact) mass is 276 g/mol. The highest BCUT2D eigenvalue weighted by Gasteiger charge is 2.51. The van der Waals surface area contributed by atoms with Gasteiger partial charge < -0.3 is 5.11 Å². The van der Waals surface area contributed by atoms with Crippen LogP contribution < -0.4 is 0 Å². The lowest BCUT2D eigenvalue weighted by molar-refractivity contribution is -0.0196. The van der Waals surface area contributed by atoms with Crippen molar-refractivity contribution in [1.82, 2.24) is 0 Å². The molecule has 3 aliphatic rings. The summed E-state index contributed by atoms with van der Waals surface area (Å²) in [5.74, 6) is 2.64. The predicted molar refractivity (Wildman–Crippen MR) is 84.4 cm³/mol. The molecular formula is C19H32O. The van der Waals surface area contributed by atoms with Crippen molar-refractivity contribution in [2.45, 2.75) is 78.2 Å². The van der Waals surface area contributed by atoms with E-state index in [9.17, 15) is 5.11 Å². The second-order valence-electron chi connectivity index (χ2n) is 8.72. The van der Waals surface area contributed by atoms with Crippen LogP contribution in [0, 0.1) is 28.6 Å². The Labute approximate surface area is 124 Å². The minimum Gasteiger partial charge on any atom is -0.389 e. The van der Waals surface area contributed by atoms with Gasteiger partial charge in [-0.2, -0.15) is 0 Å². The van der Waals surface area contributed by atoms with Crippen molar-refractivity contribution >= 4 is 0 Å². The van der Waals surface area contributed by atoms with Crippen LogP contribution in [0.25, 0.3) is 0 Å². The van der Waals surface area contributed by atoms with E-state index in [1.165, 1.54) is 44.9 Å². The first kappa shape index (κ1) is 14.6. The van der Waals surface area contributed by atoms with Crippen molar-refractivity contribution in [3.63, 3.8) is 0 Å². The molecule has 0 aromatic heterocycles. The Kier molecular flexibility index (Phi) is 3.77. The normalized spacial score (nSPS) is 47.8. The summed E-state index contributed by atoms with van der Waals surface area (Å²) in [5.41, 5.74) is 1.01. The molecule has 0 aliphatic heterocycles. The smallest absolute Gasteiger partial charge is 0.0721 e. The molecule has 5 unspecified atom stereocenters. The lowest BCUT2D eigenvalue weighted by Gasteiger charge is -2.51. The second-order valence-corrected chi connectivity index (χ2v) is 8.72. The molecule has 0 saturated heterocycles. The van der Waals surface area contributed by atoms with Gasteiger partial charge in [0.2, 0.25) is 0 Å². The fraction of sp³-hybridized carbons (Fsp3) is 0.895. The SMILES string of the molecule is CC1(C)CCC(O)C=CCC2C1CCC1(C)CCCC21. The van der Waals surface area contributed by atoms with Crippen LogP contribution in [0.4, 0.5) is 0 Å². The highest BCUT2D eigenvalue weighted by Crippen LogP contribution is 2.60. The second kappa shape index (κ2) is 5.16. The van der Waals surface area contributed by atoms with Crippen molar-refractivity contribution < 1.29 is 5.11 Å². The Morgan fingerprint density at radius 2 is 1.75 bits per heavy atom. The van der Waals surface area contributed by atoms with Gasteiger partial charge in [-0.25, -0.2) is 0 Å². The molecule has 0 bridgehead atoms. The number of aliphatic hydroxyl groups excluding tert-OH is 1. The molecular weight excluding hydrogens is 244 g/mol. The van der Waals surface area contributed by atoms with Crippen LogP contribution >= 0.6 is 0 Å². The average Bonchev–Trinajstić information content (AvgIpc) is 2.79. The molecule has 2 saturated carbocycles. The highest BCUT2D eigenvalue weighted by molar-refractivity contribution is 5.05. The molecule has 1 nitrogen and oxygen atoms in total. The van der Waals surface area contributed by atoms with Gasteiger partial charge in [0.15, 0.2) is 0 Å². The van der Waals surface area contributed by atoms with E-state index >= 15 is 0 Å². The molecule has 0 aromatic carbocycles. The van der Waals surface area contributed by atoms with E-state index < -0.39 is 0 Å². The van der Waals surface area contributed by atoms with Gasteiger partial charge in [0.05, 0.1) is 6.10 Å². The summed E-state index contributed by atoms with van der Waals surface area (Å²) >= 11 is 0. The summed E-state index contributed by atoms with van der Waals surface area (Å²) in [4.78, 5) is 0. The number of hydrogen-bond acceptors (Lipinski definition) is 1. The Morgan fingerprint density at radius 3 is 2.55 bits per heavy atom. The topological polar surface area (TPSA) is 20.2 Å². The molecule has 2 fully saturated rings. The largest absolute Gasteiger partial charge is 0.389 e. The fourth-order valence-corrected chi connectivity index (χ4v) is 5.77. The van der Waals surface area contributed by atoms with Crippen molar-refractivity contribution in [2.24, 2.45) is 28.6 Å². The molecule has 3 aliphatic carbocycles. The van der Waals surface area contributed by atoms with E-state index in [4.69, 9.17) is 0 Å². The van der Waals surface area contributed by atoms with Crippen molar-refractivity contribution in [1.29, 1.82) is 0 Å². The van der Waals surface area contributed by atoms with Gasteiger partial charge >= 0.3 is 0 Å². The molecule has 3 rings (SSSR count). The number of fused-ring (bicyclic) bond motifs is 3. The summed E-state index contributed by atoms with van der Waals surface area (Å²) in [5, 5.41) is 10.1. The zero-order valence-electron chi connectivity index (χ0n) is 13.6. The molecule has 114 valence electrons. The maximum absolute atomic E-state index is 10.1. The number of hydrogen-bond donors (Lipinski definition) is 1. The minimum absolute atomic E-state index is 0.218. The molecule has 0 spiro atoms. The van der Waals surface area contributed by atoms with E-state index in [0.717, 1.165) is 24.2 Å². The third kappa shape index (κ3) is 2.47. The maximum Gasteiger partial charge on any atom is 0.0721 e. The minimum atomic E-state index is -0.218. The molecule has 1 N–H and O–H groups in total. The molecule has 0 aromatic rings. The van der Waals surface area contributed by atoms with Gasteiger partial charge in [-0.05, 0) is 73.5 Å². The van der Waals surface area contributed by atoms with E-state index in [0.29, 0.717) is 10.8 Å². The molecule has 0 amide bonds. The first-order valence-corrected chi connectivity index (χ1v) is 8.77. The summed E-state index contributed by atoms with van der Waals surface area (Å²) < 4.78 is 0. The predicted octanol–water partition coefficient (Wildman–Crippen LogP) is 4.95. The van der Waals surface area contributed by atoms with Gasteiger partial charge in [0.1, 0.15) is 0 Å². The summed E-state index contributed by atoms with van der Waals surface area (Å²) in [6.07, 6.45) is 14.7. The van der Waals surface area contributed by atoms with Crippen molar-refractivity contribution in [3.05, 3.63) is 12.2 Å². The summed E-state index contributed by atoms with van der Waals surface area (Å²) in [7, 11) is 0. The number of rotatable bonds is 0. The standard InChI is InChI=1S/C19H32O/c1-18(2)12-9-14(20)6-4-7-15-16(18)10-13-19(3)11-5-8-17(15)19/h4,6,14-17,20H,5,7-13H2,1-3H3. The summed E-state index contributed by atoms with van der Waals surface area (Å²) in [6, 6.07) is 0. The average molecular weight is 276 g/mol. The Balaban J connectivity index is 1.90. The van der Waals surface area contributed by atoms with Crippen LogP contribution in [0.15, 0.2) is 12.2 Å². The van der Waals surface area contributed by atoms with Gasteiger partial charge in [-0.15, -0.1) is 0 Å². The van der Waals surface area contributed by atoms with E-state index in [1.54, 1.807) is 0 Å². The third-order valence-corrected chi connectivity index (χ3v) is 7.07. The fourth-order valence-electron chi connectivity index (χ4n) is 5.77. The quantitative estimate of drug-likeness (QED) is 0.621. The number of allylic oxidation sites excluding steroid dienone is 1. The Morgan fingerprint density at radius 1 is 0.950 bits per heavy atom. The third-order valence-electron chi connectivity index (χ3n) is 7.07. The van der Waals surface area contributed by atoms with E-state index in [2.05, 4.69) is 32.9 Å². The molecule has 0 radical (unpaired) electrons. The van der Waals surface area contributed by atoms with Gasteiger partial charge in [0, 0.05) is 0 Å². The first-order valence-electron chi connectivity index (χ1n) is 8.77. The van der Waals surface area contributed by atoms with Gasteiger partial charge in [0.25, 0.3) is 0 Å². The number of aliphatic hydroxyl groups is 1. The molecule has 20 heavy (non-hydrogen) atoms. The van der Waals surface area contributed by atoms with Crippen LogP contribution in [0.2, 0.25) is 0 Å². The first-order chi connectivity index (χ1) is 9.42. The Bertz CT molecular complexity index is 383. The van der Waals surface area contributed by atoms with E-state index in [-0.39, 0.29) is 6.10 Å². The van der Waals surface area contributed by atoms with Gasteiger partial charge in [-0.1, -0.05) is 39.3 Å².